The number of rotatable bonds is 5. The second-order valence-corrected chi connectivity index (χ2v) is 4.95. The zero-order valence-electron chi connectivity index (χ0n) is 13.1. The Morgan fingerprint density at radius 3 is 2.38 bits per heavy atom. The van der Waals surface area contributed by atoms with E-state index in [9.17, 15) is 18.0 Å². The van der Waals surface area contributed by atoms with Crippen LogP contribution in [0.3, 0.4) is 0 Å². The van der Waals surface area contributed by atoms with Gasteiger partial charge in [0.05, 0.1) is 19.8 Å². The maximum absolute atomic E-state index is 12.7. The molecule has 24 heavy (non-hydrogen) atoms. The lowest BCUT2D eigenvalue weighted by Gasteiger charge is -2.11. The molecule has 0 atom stereocenters. The average Bonchev–Trinajstić information content (AvgIpc) is 2.58. The highest BCUT2D eigenvalue weighted by Gasteiger charge is 2.30. The van der Waals surface area contributed by atoms with Crippen LogP contribution in [0.1, 0.15) is 21.5 Å². The molecule has 0 heterocycles. The van der Waals surface area contributed by atoms with E-state index < -0.39 is 17.6 Å². The van der Waals surface area contributed by atoms with Gasteiger partial charge in [-0.3, -0.25) is 4.79 Å². The number of halogens is 3. The predicted molar refractivity (Wildman–Crippen MR) is 82.2 cm³/mol. The Balaban J connectivity index is 2.08. The molecule has 0 aliphatic carbocycles. The van der Waals surface area contributed by atoms with Crippen LogP contribution in [0.15, 0.2) is 42.5 Å². The van der Waals surface area contributed by atoms with E-state index in [0.717, 1.165) is 12.1 Å². The summed E-state index contributed by atoms with van der Waals surface area (Å²) < 4.78 is 48.2. The van der Waals surface area contributed by atoms with Crippen molar-refractivity contribution in [3.8, 4) is 11.5 Å². The lowest BCUT2D eigenvalue weighted by Crippen LogP contribution is -2.23. The fraction of sp³-hybridized carbons (Fsp3) is 0.235. The number of ether oxygens (including phenoxy) is 2. The van der Waals surface area contributed by atoms with Gasteiger partial charge in [-0.2, -0.15) is 13.2 Å². The molecule has 1 amide bonds. The van der Waals surface area contributed by atoms with Crippen LogP contribution in [0.2, 0.25) is 0 Å². The standard InChI is InChI=1S/C17H16F3NO3/c1-23-14-7-6-12(9-15(14)24-2)16(22)21-10-11-4-3-5-13(8-11)17(18,19)20/h3-9H,10H2,1-2H3,(H,21,22). The number of hydrogen-bond donors (Lipinski definition) is 1. The largest absolute Gasteiger partial charge is 0.493 e. The summed E-state index contributed by atoms with van der Waals surface area (Å²) in [5.41, 5.74) is -0.0707. The number of alkyl halides is 3. The molecule has 0 fully saturated rings. The molecule has 7 heteroatoms. The molecule has 0 aliphatic heterocycles. The summed E-state index contributed by atoms with van der Waals surface area (Å²) in [7, 11) is 2.92. The number of amides is 1. The summed E-state index contributed by atoms with van der Waals surface area (Å²) in [6.45, 7) is -0.0168. The highest BCUT2D eigenvalue weighted by Crippen LogP contribution is 2.30. The minimum absolute atomic E-state index is 0.0168. The molecule has 0 saturated carbocycles. The van der Waals surface area contributed by atoms with Crippen LogP contribution in [0.4, 0.5) is 13.2 Å². The Kier molecular flexibility index (Phi) is 5.33. The topological polar surface area (TPSA) is 47.6 Å². The Morgan fingerprint density at radius 2 is 1.75 bits per heavy atom. The van der Waals surface area contributed by atoms with Crippen molar-refractivity contribution >= 4 is 5.91 Å². The van der Waals surface area contributed by atoms with Crippen LogP contribution in [0, 0.1) is 0 Å². The van der Waals surface area contributed by atoms with Crippen molar-refractivity contribution in [1.29, 1.82) is 0 Å². The minimum atomic E-state index is -4.41. The quantitative estimate of drug-likeness (QED) is 0.904. The Morgan fingerprint density at radius 1 is 1.04 bits per heavy atom. The summed E-state index contributed by atoms with van der Waals surface area (Å²) in [6, 6.07) is 9.44. The second kappa shape index (κ2) is 7.25. The van der Waals surface area contributed by atoms with Crippen molar-refractivity contribution in [2.24, 2.45) is 0 Å². The van der Waals surface area contributed by atoms with E-state index >= 15 is 0 Å². The van der Waals surface area contributed by atoms with E-state index in [4.69, 9.17) is 9.47 Å². The number of nitrogens with one attached hydrogen (secondary N) is 1. The number of benzene rings is 2. The van der Waals surface area contributed by atoms with Crippen LogP contribution in [0.5, 0.6) is 11.5 Å². The van der Waals surface area contributed by atoms with E-state index in [0.29, 0.717) is 22.6 Å². The molecule has 0 unspecified atom stereocenters. The average molecular weight is 339 g/mol. The van der Waals surface area contributed by atoms with E-state index in [1.165, 1.54) is 32.4 Å². The molecule has 1 N–H and O–H groups in total. The van der Waals surface area contributed by atoms with Gasteiger partial charge >= 0.3 is 6.18 Å². The summed E-state index contributed by atoms with van der Waals surface area (Å²) in [4.78, 5) is 12.1. The van der Waals surface area contributed by atoms with Gasteiger partial charge in [0.15, 0.2) is 11.5 Å². The zero-order valence-corrected chi connectivity index (χ0v) is 13.1. The highest BCUT2D eigenvalue weighted by atomic mass is 19.4. The Bertz CT molecular complexity index is 729. The van der Waals surface area contributed by atoms with Crippen molar-refractivity contribution in [1.82, 2.24) is 5.32 Å². The van der Waals surface area contributed by atoms with Gasteiger partial charge in [-0.25, -0.2) is 0 Å². The molecule has 0 radical (unpaired) electrons. The van der Waals surface area contributed by atoms with Gasteiger partial charge in [0.2, 0.25) is 0 Å². The monoisotopic (exact) mass is 339 g/mol. The number of carbonyl (C=O) groups is 1. The fourth-order valence-corrected chi connectivity index (χ4v) is 2.12. The third-order valence-corrected chi connectivity index (χ3v) is 3.35. The molecule has 4 nitrogen and oxygen atoms in total. The third kappa shape index (κ3) is 4.18. The van der Waals surface area contributed by atoms with Crippen molar-refractivity contribution in [2.75, 3.05) is 14.2 Å². The molecule has 2 rings (SSSR count). The number of carbonyl (C=O) groups excluding carboxylic acids is 1. The molecular weight excluding hydrogens is 323 g/mol. The first-order valence-corrected chi connectivity index (χ1v) is 7.01. The van der Waals surface area contributed by atoms with Crippen LogP contribution in [-0.2, 0) is 12.7 Å². The molecule has 2 aromatic carbocycles. The van der Waals surface area contributed by atoms with Crippen molar-refractivity contribution < 1.29 is 27.4 Å². The van der Waals surface area contributed by atoms with Gasteiger partial charge in [0.25, 0.3) is 5.91 Å². The molecule has 0 aromatic heterocycles. The SMILES string of the molecule is COc1ccc(C(=O)NCc2cccc(C(F)(F)F)c2)cc1OC. The molecule has 0 spiro atoms. The van der Waals surface area contributed by atoms with Crippen LogP contribution in [-0.4, -0.2) is 20.1 Å². The fourth-order valence-electron chi connectivity index (χ4n) is 2.12. The van der Waals surface area contributed by atoms with Gasteiger partial charge < -0.3 is 14.8 Å². The van der Waals surface area contributed by atoms with Gasteiger partial charge in [-0.15, -0.1) is 0 Å². The summed E-state index contributed by atoms with van der Waals surface area (Å²) in [5.74, 6) is 0.449. The first-order valence-electron chi connectivity index (χ1n) is 7.01. The zero-order chi connectivity index (χ0) is 17.7. The number of hydrogen-bond acceptors (Lipinski definition) is 3. The molecular formula is C17H16F3NO3. The summed E-state index contributed by atoms with van der Waals surface area (Å²) in [6.07, 6.45) is -4.41. The normalized spacial score (nSPS) is 11.0. The Labute approximate surface area is 137 Å². The number of methoxy groups -OCH3 is 2. The van der Waals surface area contributed by atoms with Crippen LogP contribution < -0.4 is 14.8 Å². The first-order chi connectivity index (χ1) is 11.3. The van der Waals surface area contributed by atoms with Gasteiger partial charge in [-0.1, -0.05) is 12.1 Å². The van der Waals surface area contributed by atoms with Crippen LogP contribution in [0.25, 0.3) is 0 Å². The van der Waals surface area contributed by atoms with E-state index in [1.807, 2.05) is 0 Å². The van der Waals surface area contributed by atoms with Crippen LogP contribution >= 0.6 is 0 Å². The third-order valence-electron chi connectivity index (χ3n) is 3.35. The van der Waals surface area contributed by atoms with Crippen molar-refractivity contribution in [3.05, 3.63) is 59.2 Å². The van der Waals surface area contributed by atoms with E-state index in [-0.39, 0.29) is 6.54 Å². The lowest BCUT2D eigenvalue weighted by molar-refractivity contribution is -0.137. The molecule has 0 bridgehead atoms. The first kappa shape index (κ1) is 17.7. The molecule has 2 aromatic rings. The molecule has 0 aliphatic rings. The van der Waals surface area contributed by atoms with Crippen molar-refractivity contribution in [3.63, 3.8) is 0 Å². The van der Waals surface area contributed by atoms with Gasteiger partial charge in [0, 0.05) is 12.1 Å². The highest BCUT2D eigenvalue weighted by molar-refractivity contribution is 5.94. The predicted octanol–water partition coefficient (Wildman–Crippen LogP) is 3.65. The van der Waals surface area contributed by atoms with E-state index in [1.54, 1.807) is 12.1 Å². The van der Waals surface area contributed by atoms with Gasteiger partial charge in [-0.05, 0) is 35.9 Å². The van der Waals surface area contributed by atoms with E-state index in [2.05, 4.69) is 5.32 Å². The second-order valence-electron chi connectivity index (χ2n) is 4.95. The Hall–Kier alpha value is -2.70. The maximum Gasteiger partial charge on any atom is 0.416 e. The summed E-state index contributed by atoms with van der Waals surface area (Å²) in [5, 5.41) is 2.58. The maximum atomic E-state index is 12.7. The molecule has 0 saturated heterocycles. The van der Waals surface area contributed by atoms with Gasteiger partial charge in [0.1, 0.15) is 0 Å². The summed E-state index contributed by atoms with van der Waals surface area (Å²) >= 11 is 0. The molecule has 128 valence electrons. The smallest absolute Gasteiger partial charge is 0.416 e. The lowest BCUT2D eigenvalue weighted by atomic mass is 10.1. The van der Waals surface area contributed by atoms with Crippen molar-refractivity contribution in [2.45, 2.75) is 12.7 Å². The minimum Gasteiger partial charge on any atom is -0.493 e.